The number of nitrogens with zero attached hydrogens (tertiary/aromatic N) is 1. The Kier molecular flexibility index (Phi) is 5.46. The molecule has 1 amide bonds. The summed E-state index contributed by atoms with van der Waals surface area (Å²) in [6.45, 7) is 1.54. The summed E-state index contributed by atoms with van der Waals surface area (Å²) in [7, 11) is 3.12. The van der Waals surface area contributed by atoms with Crippen LogP contribution in [0.4, 0.5) is 0 Å². The molecular formula is C19H20ClNO4. The number of benzene rings is 2. The van der Waals surface area contributed by atoms with Gasteiger partial charge in [0, 0.05) is 17.1 Å². The first-order valence-corrected chi connectivity index (χ1v) is 8.38. The number of amides is 1. The summed E-state index contributed by atoms with van der Waals surface area (Å²) in [5, 5.41) is 0.679. The second kappa shape index (κ2) is 7.76. The predicted octanol–water partition coefficient (Wildman–Crippen LogP) is 3.57. The molecule has 1 atom stereocenters. The minimum Gasteiger partial charge on any atom is -0.493 e. The van der Waals surface area contributed by atoms with Crippen molar-refractivity contribution in [2.75, 3.05) is 33.9 Å². The van der Waals surface area contributed by atoms with E-state index >= 15 is 0 Å². The zero-order valence-electron chi connectivity index (χ0n) is 14.2. The number of carbonyl (C=O) groups excluding carboxylic acids is 1. The highest BCUT2D eigenvalue weighted by Gasteiger charge is 2.26. The first-order chi connectivity index (χ1) is 12.1. The second-order valence-electron chi connectivity index (χ2n) is 5.73. The first-order valence-electron chi connectivity index (χ1n) is 8.00. The van der Waals surface area contributed by atoms with Gasteiger partial charge in [0.1, 0.15) is 6.10 Å². The van der Waals surface area contributed by atoms with Gasteiger partial charge in [0.25, 0.3) is 5.91 Å². The van der Waals surface area contributed by atoms with Crippen LogP contribution in [0.5, 0.6) is 11.5 Å². The molecule has 1 aliphatic rings. The van der Waals surface area contributed by atoms with Crippen molar-refractivity contribution >= 4 is 17.5 Å². The maximum atomic E-state index is 12.9. The van der Waals surface area contributed by atoms with Gasteiger partial charge in [-0.3, -0.25) is 4.79 Å². The van der Waals surface area contributed by atoms with Crippen molar-refractivity contribution < 1.29 is 19.0 Å². The number of methoxy groups -OCH3 is 2. The molecule has 1 fully saturated rings. The highest BCUT2D eigenvalue weighted by Crippen LogP contribution is 2.29. The molecule has 2 aromatic rings. The summed E-state index contributed by atoms with van der Waals surface area (Å²) >= 11 is 5.94. The molecule has 5 nitrogen and oxygen atoms in total. The molecule has 3 rings (SSSR count). The fourth-order valence-electron chi connectivity index (χ4n) is 2.86. The van der Waals surface area contributed by atoms with E-state index in [9.17, 15) is 4.79 Å². The second-order valence-corrected chi connectivity index (χ2v) is 6.17. The molecule has 1 saturated heterocycles. The third-order valence-electron chi connectivity index (χ3n) is 4.23. The zero-order chi connectivity index (χ0) is 17.8. The first kappa shape index (κ1) is 17.6. The van der Waals surface area contributed by atoms with Gasteiger partial charge >= 0.3 is 0 Å². The van der Waals surface area contributed by atoms with E-state index in [1.165, 1.54) is 0 Å². The molecule has 0 aromatic heterocycles. The van der Waals surface area contributed by atoms with Crippen LogP contribution in [-0.2, 0) is 4.74 Å². The maximum absolute atomic E-state index is 12.9. The number of carbonyl (C=O) groups is 1. The lowest BCUT2D eigenvalue weighted by molar-refractivity contribution is -0.0228. The van der Waals surface area contributed by atoms with Gasteiger partial charge in [0.2, 0.25) is 0 Å². The minimum absolute atomic E-state index is 0.0526. The summed E-state index contributed by atoms with van der Waals surface area (Å²) in [5.41, 5.74) is 1.57. The molecule has 0 spiro atoms. The van der Waals surface area contributed by atoms with Gasteiger partial charge in [-0.05, 0) is 35.9 Å². The number of hydrogen-bond donors (Lipinski definition) is 0. The molecule has 0 saturated carbocycles. The highest BCUT2D eigenvalue weighted by molar-refractivity contribution is 6.30. The molecule has 1 unspecified atom stereocenters. The van der Waals surface area contributed by atoms with Crippen LogP contribution < -0.4 is 9.47 Å². The number of halogens is 1. The van der Waals surface area contributed by atoms with Crippen LogP contribution in [0, 0.1) is 0 Å². The van der Waals surface area contributed by atoms with Gasteiger partial charge in [0.05, 0.1) is 27.4 Å². The van der Waals surface area contributed by atoms with Crippen molar-refractivity contribution in [1.82, 2.24) is 4.90 Å². The van der Waals surface area contributed by atoms with E-state index in [1.54, 1.807) is 37.3 Å². The quantitative estimate of drug-likeness (QED) is 0.835. The lowest BCUT2D eigenvalue weighted by Gasteiger charge is -2.33. The Balaban J connectivity index is 1.76. The van der Waals surface area contributed by atoms with Gasteiger partial charge < -0.3 is 19.1 Å². The van der Waals surface area contributed by atoms with Gasteiger partial charge in [0.15, 0.2) is 11.5 Å². The predicted molar refractivity (Wildman–Crippen MR) is 95.6 cm³/mol. The van der Waals surface area contributed by atoms with E-state index in [2.05, 4.69) is 0 Å². The molecule has 0 bridgehead atoms. The van der Waals surface area contributed by atoms with Crippen LogP contribution in [0.15, 0.2) is 42.5 Å². The Bertz CT molecular complexity index is 748. The standard InChI is InChI=1S/C19H20ClNO4/c1-23-16-8-5-14(11-17(16)24-2)19(22)21-9-10-25-18(12-21)13-3-6-15(20)7-4-13/h3-8,11,18H,9-10,12H2,1-2H3. The molecule has 0 aliphatic carbocycles. The average Bonchev–Trinajstić information content (AvgIpc) is 2.67. The van der Waals surface area contributed by atoms with Crippen molar-refractivity contribution in [1.29, 1.82) is 0 Å². The third kappa shape index (κ3) is 3.89. The van der Waals surface area contributed by atoms with Crippen molar-refractivity contribution in [2.24, 2.45) is 0 Å². The molecule has 1 heterocycles. The number of hydrogen-bond acceptors (Lipinski definition) is 4. The molecule has 25 heavy (non-hydrogen) atoms. The van der Waals surface area contributed by atoms with Crippen LogP contribution in [-0.4, -0.2) is 44.7 Å². The van der Waals surface area contributed by atoms with Gasteiger partial charge in [-0.2, -0.15) is 0 Å². The fraction of sp³-hybridized carbons (Fsp3) is 0.316. The average molecular weight is 362 g/mol. The Morgan fingerprint density at radius 2 is 1.84 bits per heavy atom. The van der Waals surface area contributed by atoms with Gasteiger partial charge in [-0.25, -0.2) is 0 Å². The molecule has 1 aliphatic heterocycles. The maximum Gasteiger partial charge on any atom is 0.254 e. The summed E-state index contributed by atoms with van der Waals surface area (Å²) < 4.78 is 16.3. The summed E-state index contributed by atoms with van der Waals surface area (Å²) in [5.74, 6) is 1.08. The van der Waals surface area contributed by atoms with E-state index in [1.807, 2.05) is 24.3 Å². The van der Waals surface area contributed by atoms with Crippen molar-refractivity contribution in [2.45, 2.75) is 6.10 Å². The molecule has 2 aromatic carbocycles. The van der Waals surface area contributed by atoms with Crippen LogP contribution in [0.3, 0.4) is 0 Å². The topological polar surface area (TPSA) is 48.0 Å². The van der Waals surface area contributed by atoms with Crippen LogP contribution in [0.2, 0.25) is 5.02 Å². The molecule has 0 N–H and O–H groups in total. The lowest BCUT2D eigenvalue weighted by Crippen LogP contribution is -2.42. The Labute approximate surface area is 152 Å². The van der Waals surface area contributed by atoms with E-state index in [0.717, 1.165) is 5.56 Å². The smallest absolute Gasteiger partial charge is 0.254 e. The van der Waals surface area contributed by atoms with Crippen LogP contribution in [0.1, 0.15) is 22.0 Å². The molecular weight excluding hydrogens is 342 g/mol. The van der Waals surface area contributed by atoms with Crippen LogP contribution >= 0.6 is 11.6 Å². The largest absolute Gasteiger partial charge is 0.493 e. The minimum atomic E-state index is -0.157. The molecule has 132 valence electrons. The Morgan fingerprint density at radius 1 is 1.12 bits per heavy atom. The third-order valence-corrected chi connectivity index (χ3v) is 4.48. The summed E-state index contributed by atoms with van der Waals surface area (Å²) in [4.78, 5) is 14.6. The normalized spacial score (nSPS) is 17.2. The van der Waals surface area contributed by atoms with Gasteiger partial charge in [-0.1, -0.05) is 23.7 Å². The lowest BCUT2D eigenvalue weighted by atomic mass is 10.1. The highest BCUT2D eigenvalue weighted by atomic mass is 35.5. The van der Waals surface area contributed by atoms with Crippen molar-refractivity contribution in [3.8, 4) is 11.5 Å². The van der Waals surface area contributed by atoms with Crippen molar-refractivity contribution in [3.05, 3.63) is 58.6 Å². The molecule has 0 radical (unpaired) electrons. The monoisotopic (exact) mass is 361 g/mol. The molecule has 6 heteroatoms. The Morgan fingerprint density at radius 3 is 2.52 bits per heavy atom. The van der Waals surface area contributed by atoms with Crippen LogP contribution in [0.25, 0.3) is 0 Å². The SMILES string of the molecule is COc1ccc(C(=O)N2CCOC(c3ccc(Cl)cc3)C2)cc1OC. The van der Waals surface area contributed by atoms with Gasteiger partial charge in [-0.15, -0.1) is 0 Å². The van der Waals surface area contributed by atoms with E-state index in [-0.39, 0.29) is 12.0 Å². The van der Waals surface area contributed by atoms with E-state index < -0.39 is 0 Å². The Hall–Kier alpha value is -2.24. The summed E-state index contributed by atoms with van der Waals surface area (Å²) in [6, 6.07) is 12.7. The fourth-order valence-corrected chi connectivity index (χ4v) is 2.99. The number of ether oxygens (including phenoxy) is 3. The van der Waals surface area contributed by atoms with E-state index in [0.29, 0.717) is 41.8 Å². The summed E-state index contributed by atoms with van der Waals surface area (Å²) in [6.07, 6.45) is -0.157. The zero-order valence-corrected chi connectivity index (χ0v) is 15.0. The number of morpholine rings is 1. The number of rotatable bonds is 4. The van der Waals surface area contributed by atoms with E-state index in [4.69, 9.17) is 25.8 Å². The van der Waals surface area contributed by atoms with Crippen molar-refractivity contribution in [3.63, 3.8) is 0 Å².